The zero-order valence-corrected chi connectivity index (χ0v) is 74.0. The van der Waals surface area contributed by atoms with Gasteiger partial charge in [0.2, 0.25) is 0 Å². The van der Waals surface area contributed by atoms with Gasteiger partial charge in [-0.05, 0) is 157 Å². The summed E-state index contributed by atoms with van der Waals surface area (Å²) in [5, 5.41) is 21.8. The van der Waals surface area contributed by atoms with Crippen molar-refractivity contribution in [3.8, 4) is 157 Å². The molecule has 0 saturated carbocycles. The number of fused-ring (bicyclic) bond motifs is 16. The Bertz CT molecular complexity index is 9170. The molecule has 6 nitrogen and oxygen atoms in total. The highest BCUT2D eigenvalue weighted by molar-refractivity contribution is 6.26. The summed E-state index contributed by atoms with van der Waals surface area (Å²) in [6.07, 6.45) is 0. The highest BCUT2D eigenvalue weighted by atomic mass is 14.9. The van der Waals surface area contributed by atoms with E-state index in [1.807, 2.05) is 48.5 Å². The Balaban J connectivity index is 0.000000145. The molecule has 26 rings (SSSR count). The van der Waals surface area contributed by atoms with Crippen molar-refractivity contribution in [3.05, 3.63) is 497 Å². The van der Waals surface area contributed by atoms with Crippen LogP contribution in [0.5, 0.6) is 0 Å². The lowest BCUT2D eigenvalue weighted by molar-refractivity contribution is 1.18. The Labute approximate surface area is 786 Å². The number of aromatic nitrogens is 6. The molecule has 0 amide bonds. The van der Waals surface area contributed by atoms with Gasteiger partial charge in [-0.2, -0.15) is 0 Å². The maximum Gasteiger partial charge on any atom is 0.160 e. The van der Waals surface area contributed by atoms with Gasteiger partial charge in [0.25, 0.3) is 0 Å². The van der Waals surface area contributed by atoms with Crippen LogP contribution in [-0.2, 0) is 0 Å². The van der Waals surface area contributed by atoms with E-state index in [0.29, 0.717) is 11.6 Å². The Morgan fingerprint density at radius 3 is 0.779 bits per heavy atom. The highest BCUT2D eigenvalue weighted by Gasteiger charge is 2.23. The Hall–Kier alpha value is -18.1. The summed E-state index contributed by atoms with van der Waals surface area (Å²) in [6.45, 7) is 0. The van der Waals surface area contributed by atoms with Gasteiger partial charge in [0.1, 0.15) is 0 Å². The van der Waals surface area contributed by atoms with E-state index in [1.54, 1.807) is 0 Å². The largest absolute Gasteiger partial charge is 0.246 e. The molecule has 4 heterocycles. The molecule has 0 spiro atoms. The van der Waals surface area contributed by atoms with Crippen LogP contribution >= 0.6 is 0 Å². The number of nitrogens with zero attached hydrogens (tertiary/aromatic N) is 6. The lowest BCUT2D eigenvalue weighted by Crippen LogP contribution is -1.96. The van der Waals surface area contributed by atoms with Crippen molar-refractivity contribution < 1.29 is 0 Å². The van der Waals surface area contributed by atoms with E-state index in [-0.39, 0.29) is 0 Å². The van der Waals surface area contributed by atoms with Crippen LogP contribution in [0.15, 0.2) is 497 Å². The van der Waals surface area contributed by atoms with E-state index in [4.69, 9.17) is 29.9 Å². The normalized spacial score (nSPS) is 11.5. The van der Waals surface area contributed by atoms with Gasteiger partial charge in [-0.3, -0.25) is 0 Å². The Morgan fingerprint density at radius 2 is 0.368 bits per heavy atom. The standard InChI is InChI=1S/2C65H41N3/c1-3-13-42(14-4-1)43-25-32-48(33-26-43)60-41-61(67-65(66-60)50-17-5-2-6-18-50)49-34-27-44(28-35-49)51-19-11-20-53(39-51)63-58-38-37-46-16-8-10-22-55(46)62(58)57-24-12-23-56(64(57)68-63)52-36-31-47-30-29-45-15-7-9-21-54(45)59(47)40-52;1-3-13-42(14-4-1)43-25-32-48(33-26-43)60-41-61(67-65(66-60)50-17-5-2-6-18-50)49-34-29-46(30-35-49)56-23-12-24-57-62-55-22-10-8-16-45(55)37-38-58(62)63(68-64(56)57)53-20-11-19-51(39-53)52-36-31-47-28-27-44-15-7-9-21-54(44)59(47)40-52/h2*1-41H. The number of para-hydroxylation sites is 2. The predicted octanol–water partition coefficient (Wildman–Crippen LogP) is 34.6. The lowest BCUT2D eigenvalue weighted by atomic mass is 9.91. The lowest BCUT2D eigenvalue weighted by Gasteiger charge is -2.16. The van der Waals surface area contributed by atoms with Crippen LogP contribution in [0, 0.1) is 0 Å². The zero-order chi connectivity index (χ0) is 89.9. The molecule has 136 heavy (non-hydrogen) atoms. The second kappa shape index (κ2) is 34.3. The van der Waals surface area contributed by atoms with Crippen molar-refractivity contribution >= 4 is 108 Å². The molecule has 6 heteroatoms. The Morgan fingerprint density at radius 1 is 0.118 bits per heavy atom. The molecule has 0 unspecified atom stereocenters. The van der Waals surface area contributed by atoms with Crippen LogP contribution in [0.2, 0.25) is 0 Å². The molecule has 632 valence electrons. The highest BCUT2D eigenvalue weighted by Crippen LogP contribution is 2.46. The van der Waals surface area contributed by atoms with Gasteiger partial charge >= 0.3 is 0 Å². The zero-order valence-electron chi connectivity index (χ0n) is 74.0. The first-order chi connectivity index (χ1) is 67.4. The Kier molecular flexibility index (Phi) is 20.2. The third kappa shape index (κ3) is 15.0. The van der Waals surface area contributed by atoms with Crippen LogP contribution in [-0.4, -0.2) is 29.9 Å². The van der Waals surface area contributed by atoms with Gasteiger partial charge in [0.05, 0.1) is 45.2 Å². The van der Waals surface area contributed by atoms with E-state index >= 15 is 0 Å². The summed E-state index contributed by atoms with van der Waals surface area (Å²) < 4.78 is 0. The predicted molar refractivity (Wildman–Crippen MR) is 571 cm³/mol. The number of benzene rings is 22. The van der Waals surface area contributed by atoms with Gasteiger partial charge < -0.3 is 0 Å². The molecular formula is C130H82N6. The number of hydrogen-bond acceptors (Lipinski definition) is 6. The van der Waals surface area contributed by atoms with Crippen molar-refractivity contribution in [2.45, 2.75) is 0 Å². The van der Waals surface area contributed by atoms with E-state index < -0.39 is 0 Å². The minimum Gasteiger partial charge on any atom is -0.246 e. The van der Waals surface area contributed by atoms with E-state index in [0.717, 1.165) is 150 Å². The molecule has 4 aromatic heterocycles. The van der Waals surface area contributed by atoms with E-state index in [1.165, 1.54) is 103 Å². The summed E-state index contributed by atoms with van der Waals surface area (Å²) >= 11 is 0. The van der Waals surface area contributed by atoms with Crippen molar-refractivity contribution in [2.75, 3.05) is 0 Å². The summed E-state index contributed by atoms with van der Waals surface area (Å²) in [5.74, 6) is 1.39. The second-order valence-corrected chi connectivity index (χ2v) is 35.0. The van der Waals surface area contributed by atoms with Gasteiger partial charge in [-0.25, -0.2) is 29.9 Å². The van der Waals surface area contributed by atoms with Gasteiger partial charge in [-0.1, -0.05) is 461 Å². The van der Waals surface area contributed by atoms with Crippen LogP contribution < -0.4 is 0 Å². The van der Waals surface area contributed by atoms with Crippen LogP contribution in [0.3, 0.4) is 0 Å². The molecule has 0 aliphatic carbocycles. The van der Waals surface area contributed by atoms with Gasteiger partial charge in [0.15, 0.2) is 11.6 Å². The summed E-state index contributed by atoms with van der Waals surface area (Å²) in [7, 11) is 0. The average molecular weight is 1730 g/mol. The fourth-order valence-electron chi connectivity index (χ4n) is 20.0. The first kappa shape index (κ1) is 80.0. The molecule has 0 bridgehead atoms. The second-order valence-electron chi connectivity index (χ2n) is 35.0. The maximum atomic E-state index is 5.66. The van der Waals surface area contributed by atoms with Crippen LogP contribution in [0.4, 0.5) is 0 Å². The minimum absolute atomic E-state index is 0.692. The molecule has 22 aromatic carbocycles. The van der Waals surface area contributed by atoms with Gasteiger partial charge in [0, 0.05) is 88.0 Å². The van der Waals surface area contributed by atoms with Crippen LogP contribution in [0.1, 0.15) is 0 Å². The van der Waals surface area contributed by atoms with Crippen molar-refractivity contribution in [1.29, 1.82) is 0 Å². The number of pyridine rings is 2. The summed E-state index contributed by atoms with van der Waals surface area (Å²) in [4.78, 5) is 31.8. The molecule has 0 aliphatic rings. The monoisotopic (exact) mass is 1730 g/mol. The topological polar surface area (TPSA) is 77.3 Å². The molecule has 0 radical (unpaired) electrons. The van der Waals surface area contributed by atoms with Crippen molar-refractivity contribution in [2.24, 2.45) is 0 Å². The van der Waals surface area contributed by atoms with Crippen molar-refractivity contribution in [1.82, 2.24) is 29.9 Å². The fourth-order valence-corrected chi connectivity index (χ4v) is 20.0. The molecular weight excluding hydrogens is 1650 g/mol. The number of rotatable bonds is 14. The third-order valence-corrected chi connectivity index (χ3v) is 26.9. The fraction of sp³-hybridized carbons (Fsp3) is 0. The van der Waals surface area contributed by atoms with E-state index in [9.17, 15) is 0 Å². The average Bonchev–Trinajstić information content (AvgIpc) is 0.730. The van der Waals surface area contributed by atoms with E-state index in [2.05, 4.69) is 449 Å². The molecule has 0 saturated heterocycles. The van der Waals surface area contributed by atoms with Crippen LogP contribution in [0.25, 0.3) is 265 Å². The molecule has 0 N–H and O–H groups in total. The van der Waals surface area contributed by atoms with Gasteiger partial charge in [-0.15, -0.1) is 0 Å². The van der Waals surface area contributed by atoms with Crippen molar-refractivity contribution in [3.63, 3.8) is 0 Å². The smallest absolute Gasteiger partial charge is 0.160 e. The summed E-state index contributed by atoms with van der Waals surface area (Å²) in [6, 6.07) is 178. The first-order valence-corrected chi connectivity index (χ1v) is 46.3. The molecule has 0 atom stereocenters. The molecule has 0 aliphatic heterocycles. The molecule has 0 fully saturated rings. The first-order valence-electron chi connectivity index (χ1n) is 46.3. The molecule has 26 aromatic rings. The number of hydrogen-bond donors (Lipinski definition) is 0. The summed E-state index contributed by atoms with van der Waals surface area (Å²) in [5.41, 5.74) is 29.3. The quantitative estimate of drug-likeness (QED) is 0.101. The minimum atomic E-state index is 0.692. The SMILES string of the molecule is c1ccc(-c2ccc(-c3cc(-c4ccc(-c5cccc(-c6nc7c(-c8ccc9ccc%10ccccc%10c9c8)cccc7c7c6ccc6ccccc67)c5)cc4)nc(-c4ccccc4)n3)cc2)cc1.c1ccc(-c2ccc(-c3cc(-c4ccc(-c5cccc6c5nc(-c5cccc(-c7ccc8ccc9ccccc9c8c7)c5)c5ccc7ccccc7c56)cc4)nc(-c4ccccc4)n3)cc2)cc1. The third-order valence-electron chi connectivity index (χ3n) is 26.9. The maximum absolute atomic E-state index is 5.66.